The van der Waals surface area contributed by atoms with E-state index >= 15 is 0 Å². The summed E-state index contributed by atoms with van der Waals surface area (Å²) in [5.74, 6) is 0.132. The Labute approximate surface area is 138 Å². The van der Waals surface area contributed by atoms with E-state index in [2.05, 4.69) is 10.6 Å². The monoisotopic (exact) mass is 333 g/mol. The molecule has 0 bridgehead atoms. The van der Waals surface area contributed by atoms with Gasteiger partial charge in [0.1, 0.15) is 11.3 Å². The summed E-state index contributed by atoms with van der Waals surface area (Å²) >= 11 is 1.59. The maximum atomic E-state index is 12.7. The van der Waals surface area contributed by atoms with Gasteiger partial charge >= 0.3 is 0 Å². The number of nitrogens with one attached hydrogen (secondary N) is 2. The quantitative estimate of drug-likeness (QED) is 0.875. The van der Waals surface area contributed by atoms with Gasteiger partial charge in [0.15, 0.2) is 0 Å². The number of aromatic nitrogens is 1. The first-order valence-electron chi connectivity index (χ1n) is 7.52. The fourth-order valence-electron chi connectivity index (χ4n) is 2.77. The zero-order chi connectivity index (χ0) is 16.2. The van der Waals surface area contributed by atoms with Crippen LogP contribution < -0.4 is 20.9 Å². The third-order valence-electron chi connectivity index (χ3n) is 3.88. The Kier molecular flexibility index (Phi) is 4.78. The summed E-state index contributed by atoms with van der Waals surface area (Å²) < 4.78 is 6.97. The van der Waals surface area contributed by atoms with E-state index in [1.54, 1.807) is 15.9 Å². The molecule has 0 fully saturated rings. The second kappa shape index (κ2) is 6.97. The summed E-state index contributed by atoms with van der Waals surface area (Å²) in [7, 11) is 1.48. The number of hydrogen-bond donors (Lipinski definition) is 2. The first-order chi connectivity index (χ1) is 11.2. The Balaban J connectivity index is 1.95. The summed E-state index contributed by atoms with van der Waals surface area (Å²) in [6, 6.07) is 5.32. The molecular weight excluding hydrogens is 314 g/mol. The molecular formula is C16H19N3O3S. The third kappa shape index (κ3) is 3.30. The Bertz CT molecular complexity index is 753. The number of thiophene rings is 1. The van der Waals surface area contributed by atoms with Crippen LogP contribution in [-0.4, -0.2) is 30.7 Å². The molecule has 122 valence electrons. The molecule has 2 N–H and O–H groups in total. The van der Waals surface area contributed by atoms with Crippen LogP contribution >= 0.6 is 11.3 Å². The molecule has 3 heterocycles. The molecule has 1 aliphatic rings. The molecule has 7 heteroatoms. The number of nitrogens with zero attached hydrogens (tertiary/aromatic N) is 1. The fourth-order valence-corrected chi connectivity index (χ4v) is 3.42. The van der Waals surface area contributed by atoms with Gasteiger partial charge in [-0.05, 0) is 11.4 Å². The SMILES string of the molecule is COc1cc(=O)n2c(c1C(=O)NCc1cccs1)CCNCC2. The van der Waals surface area contributed by atoms with Crippen LogP contribution in [-0.2, 0) is 19.5 Å². The molecule has 0 unspecified atom stereocenters. The largest absolute Gasteiger partial charge is 0.496 e. The lowest BCUT2D eigenvalue weighted by molar-refractivity contribution is 0.0946. The molecule has 3 rings (SSSR count). The van der Waals surface area contributed by atoms with E-state index in [0.717, 1.165) is 23.7 Å². The molecule has 0 aromatic carbocycles. The zero-order valence-electron chi connectivity index (χ0n) is 12.9. The van der Waals surface area contributed by atoms with E-state index in [9.17, 15) is 9.59 Å². The molecule has 2 aromatic heterocycles. The van der Waals surface area contributed by atoms with Crippen molar-refractivity contribution >= 4 is 17.2 Å². The minimum absolute atomic E-state index is 0.129. The summed E-state index contributed by atoms with van der Waals surface area (Å²) in [6.07, 6.45) is 0.619. The van der Waals surface area contributed by atoms with Crippen molar-refractivity contribution in [3.63, 3.8) is 0 Å². The van der Waals surface area contributed by atoms with Gasteiger partial charge in [0.2, 0.25) is 0 Å². The molecule has 0 atom stereocenters. The predicted molar refractivity (Wildman–Crippen MR) is 89.3 cm³/mol. The highest BCUT2D eigenvalue weighted by atomic mass is 32.1. The maximum Gasteiger partial charge on any atom is 0.257 e. The average molecular weight is 333 g/mol. The van der Waals surface area contributed by atoms with E-state index in [-0.39, 0.29) is 11.5 Å². The third-order valence-corrected chi connectivity index (χ3v) is 4.76. The van der Waals surface area contributed by atoms with Crippen molar-refractivity contribution in [1.82, 2.24) is 15.2 Å². The van der Waals surface area contributed by atoms with Crippen LogP contribution in [0.3, 0.4) is 0 Å². The molecule has 0 aliphatic carbocycles. The number of pyridine rings is 1. The average Bonchev–Trinajstić information content (AvgIpc) is 2.95. The van der Waals surface area contributed by atoms with Crippen molar-refractivity contribution in [1.29, 1.82) is 0 Å². The molecule has 0 saturated heterocycles. The second-order valence-corrected chi connectivity index (χ2v) is 6.32. The predicted octanol–water partition coefficient (Wildman–Crippen LogP) is 0.994. The smallest absolute Gasteiger partial charge is 0.257 e. The molecule has 1 aliphatic heterocycles. The van der Waals surface area contributed by atoms with E-state index < -0.39 is 0 Å². The minimum Gasteiger partial charge on any atom is -0.496 e. The molecule has 2 aromatic rings. The molecule has 23 heavy (non-hydrogen) atoms. The highest BCUT2D eigenvalue weighted by Gasteiger charge is 2.23. The second-order valence-electron chi connectivity index (χ2n) is 5.29. The fraction of sp³-hybridized carbons (Fsp3) is 0.375. The molecule has 0 saturated carbocycles. The summed E-state index contributed by atoms with van der Waals surface area (Å²) in [6.45, 7) is 2.48. The summed E-state index contributed by atoms with van der Waals surface area (Å²) in [5.41, 5.74) is 1.07. The molecule has 6 nitrogen and oxygen atoms in total. The normalized spacial score (nSPS) is 14.0. The van der Waals surface area contributed by atoms with Crippen LogP contribution in [0.1, 0.15) is 20.9 Å². The molecule has 1 amide bonds. The number of hydrogen-bond acceptors (Lipinski definition) is 5. The van der Waals surface area contributed by atoms with Crippen molar-refractivity contribution in [3.8, 4) is 5.75 Å². The lowest BCUT2D eigenvalue weighted by Crippen LogP contribution is -2.31. The number of carbonyl (C=O) groups is 1. The topological polar surface area (TPSA) is 72.4 Å². The molecule has 0 spiro atoms. The van der Waals surface area contributed by atoms with Gasteiger partial charge in [-0.25, -0.2) is 0 Å². The lowest BCUT2D eigenvalue weighted by atomic mass is 10.1. The van der Waals surface area contributed by atoms with E-state index in [4.69, 9.17) is 4.74 Å². The Morgan fingerprint density at radius 3 is 3.09 bits per heavy atom. The van der Waals surface area contributed by atoms with Crippen molar-refractivity contribution in [2.45, 2.75) is 19.5 Å². The lowest BCUT2D eigenvalue weighted by Gasteiger charge is -2.17. The summed E-state index contributed by atoms with van der Waals surface area (Å²) in [4.78, 5) is 26.0. The van der Waals surface area contributed by atoms with E-state index in [1.165, 1.54) is 13.2 Å². The van der Waals surface area contributed by atoms with Gasteiger partial charge in [-0.15, -0.1) is 11.3 Å². The Hall–Kier alpha value is -2.12. The van der Waals surface area contributed by atoms with Gasteiger partial charge in [0.25, 0.3) is 11.5 Å². The van der Waals surface area contributed by atoms with Crippen LogP contribution in [0.4, 0.5) is 0 Å². The Morgan fingerprint density at radius 2 is 2.35 bits per heavy atom. The summed E-state index contributed by atoms with van der Waals surface area (Å²) in [5, 5.41) is 8.14. The van der Waals surface area contributed by atoms with E-state index in [0.29, 0.717) is 30.8 Å². The minimum atomic E-state index is -0.207. The number of fused-ring (bicyclic) bond motifs is 1. The standard InChI is InChI=1S/C16H19N3O3S/c1-22-13-9-14(20)19-7-6-17-5-4-12(19)15(13)16(21)18-10-11-3-2-8-23-11/h2-3,8-9,17H,4-7,10H2,1H3,(H,18,21). The molecule has 0 radical (unpaired) electrons. The van der Waals surface area contributed by atoms with Gasteiger partial charge in [0, 0.05) is 42.7 Å². The Morgan fingerprint density at radius 1 is 1.48 bits per heavy atom. The van der Waals surface area contributed by atoms with Crippen LogP contribution in [0.5, 0.6) is 5.75 Å². The van der Waals surface area contributed by atoms with Crippen molar-refractivity contribution in [2.24, 2.45) is 0 Å². The van der Waals surface area contributed by atoms with Crippen LogP contribution in [0.2, 0.25) is 0 Å². The number of amides is 1. The number of carbonyl (C=O) groups excluding carboxylic acids is 1. The van der Waals surface area contributed by atoms with Crippen LogP contribution in [0.15, 0.2) is 28.4 Å². The zero-order valence-corrected chi connectivity index (χ0v) is 13.7. The van der Waals surface area contributed by atoms with Crippen LogP contribution in [0, 0.1) is 0 Å². The van der Waals surface area contributed by atoms with Gasteiger partial charge in [-0.1, -0.05) is 6.07 Å². The van der Waals surface area contributed by atoms with Gasteiger partial charge < -0.3 is 19.9 Å². The van der Waals surface area contributed by atoms with Crippen molar-refractivity contribution in [3.05, 3.63) is 50.1 Å². The van der Waals surface area contributed by atoms with Gasteiger partial charge in [-0.3, -0.25) is 9.59 Å². The maximum absolute atomic E-state index is 12.7. The van der Waals surface area contributed by atoms with Gasteiger partial charge in [0.05, 0.1) is 13.7 Å². The highest BCUT2D eigenvalue weighted by Crippen LogP contribution is 2.22. The van der Waals surface area contributed by atoms with E-state index in [1.807, 2.05) is 17.5 Å². The first kappa shape index (κ1) is 15.8. The number of ether oxygens (including phenoxy) is 1. The van der Waals surface area contributed by atoms with Crippen molar-refractivity contribution in [2.75, 3.05) is 20.2 Å². The first-order valence-corrected chi connectivity index (χ1v) is 8.40. The van der Waals surface area contributed by atoms with Crippen LogP contribution in [0.25, 0.3) is 0 Å². The van der Waals surface area contributed by atoms with Crippen molar-refractivity contribution < 1.29 is 9.53 Å². The highest BCUT2D eigenvalue weighted by molar-refractivity contribution is 7.09. The van der Waals surface area contributed by atoms with Gasteiger partial charge in [-0.2, -0.15) is 0 Å². The number of methoxy groups -OCH3 is 1. The number of rotatable bonds is 4.